The van der Waals surface area contributed by atoms with Crippen molar-refractivity contribution in [1.29, 1.82) is 0 Å². The normalized spacial score (nSPS) is 17.9. The van der Waals surface area contributed by atoms with Crippen LogP contribution in [0, 0.1) is 17.6 Å². The van der Waals surface area contributed by atoms with Crippen LogP contribution in [0.25, 0.3) is 0 Å². The van der Waals surface area contributed by atoms with E-state index < -0.39 is 11.6 Å². The van der Waals surface area contributed by atoms with Gasteiger partial charge < -0.3 is 9.47 Å². The fourth-order valence-corrected chi connectivity index (χ4v) is 2.92. The van der Waals surface area contributed by atoms with Gasteiger partial charge in [0, 0.05) is 31.5 Å². The number of benzene rings is 1. The van der Waals surface area contributed by atoms with Gasteiger partial charge in [-0.05, 0) is 36.5 Å². The minimum absolute atomic E-state index is 0.0472. The maximum Gasteiger partial charge on any atom is 0.242 e. The summed E-state index contributed by atoms with van der Waals surface area (Å²) in [7, 11) is 0. The summed E-state index contributed by atoms with van der Waals surface area (Å²) in [5, 5.41) is 0. The maximum absolute atomic E-state index is 13.2. The van der Waals surface area contributed by atoms with Crippen LogP contribution < -0.4 is 0 Å². The van der Waals surface area contributed by atoms with Crippen LogP contribution in [0.1, 0.15) is 12.0 Å². The van der Waals surface area contributed by atoms with Crippen molar-refractivity contribution in [3.63, 3.8) is 0 Å². The molecular formula is C16H17F2N3O. The lowest BCUT2D eigenvalue weighted by Crippen LogP contribution is -2.31. The Morgan fingerprint density at radius 2 is 2.05 bits per heavy atom. The Morgan fingerprint density at radius 1 is 1.27 bits per heavy atom. The Hall–Kier alpha value is -2.24. The third-order valence-corrected chi connectivity index (χ3v) is 3.96. The number of halogens is 2. The topological polar surface area (TPSA) is 38.1 Å². The first-order chi connectivity index (χ1) is 10.6. The van der Waals surface area contributed by atoms with Gasteiger partial charge in [-0.15, -0.1) is 0 Å². The molecule has 1 amide bonds. The largest absolute Gasteiger partial charge is 0.341 e. The molecule has 2 aromatic rings. The van der Waals surface area contributed by atoms with E-state index in [1.54, 1.807) is 28.2 Å². The van der Waals surface area contributed by atoms with Gasteiger partial charge in [0.1, 0.15) is 18.2 Å². The highest BCUT2D eigenvalue weighted by Crippen LogP contribution is 2.22. The quantitative estimate of drug-likeness (QED) is 0.869. The zero-order valence-electron chi connectivity index (χ0n) is 12.1. The average Bonchev–Trinajstić information content (AvgIpc) is 3.09. The third kappa shape index (κ3) is 3.50. The molecule has 0 N–H and O–H groups in total. The molecule has 0 spiro atoms. The van der Waals surface area contributed by atoms with E-state index in [9.17, 15) is 13.6 Å². The van der Waals surface area contributed by atoms with E-state index in [0.29, 0.717) is 25.1 Å². The van der Waals surface area contributed by atoms with E-state index in [1.165, 1.54) is 12.1 Å². The van der Waals surface area contributed by atoms with Gasteiger partial charge in [0.15, 0.2) is 0 Å². The number of nitrogens with zero attached hydrogens (tertiary/aromatic N) is 3. The lowest BCUT2D eigenvalue weighted by Gasteiger charge is -2.17. The second-order valence-corrected chi connectivity index (χ2v) is 5.71. The highest BCUT2D eigenvalue weighted by molar-refractivity contribution is 5.76. The molecule has 0 aliphatic carbocycles. The summed E-state index contributed by atoms with van der Waals surface area (Å²) in [6.07, 6.45) is 6.44. The summed E-state index contributed by atoms with van der Waals surface area (Å²) < 4.78 is 28.1. The number of amides is 1. The van der Waals surface area contributed by atoms with Crippen molar-refractivity contribution < 1.29 is 13.6 Å². The monoisotopic (exact) mass is 305 g/mol. The first kappa shape index (κ1) is 14.7. The lowest BCUT2D eigenvalue weighted by atomic mass is 9.98. The number of hydrogen-bond donors (Lipinski definition) is 0. The van der Waals surface area contributed by atoms with Crippen LogP contribution >= 0.6 is 0 Å². The number of carbonyl (C=O) groups excluding carboxylic acids is 1. The minimum Gasteiger partial charge on any atom is -0.341 e. The molecule has 0 saturated carbocycles. The summed E-state index contributed by atoms with van der Waals surface area (Å²) in [5.41, 5.74) is 0.645. The number of hydrogen-bond acceptors (Lipinski definition) is 2. The van der Waals surface area contributed by atoms with Crippen molar-refractivity contribution in [2.24, 2.45) is 5.92 Å². The van der Waals surface area contributed by atoms with E-state index in [0.717, 1.165) is 12.5 Å². The van der Waals surface area contributed by atoms with Crippen LogP contribution in [-0.4, -0.2) is 33.4 Å². The number of aromatic nitrogens is 2. The van der Waals surface area contributed by atoms with E-state index in [-0.39, 0.29) is 18.4 Å². The molecule has 2 heterocycles. The van der Waals surface area contributed by atoms with E-state index in [1.807, 2.05) is 0 Å². The van der Waals surface area contributed by atoms with Crippen LogP contribution in [0.4, 0.5) is 8.78 Å². The minimum atomic E-state index is -0.555. The van der Waals surface area contributed by atoms with Gasteiger partial charge in [-0.3, -0.25) is 4.79 Å². The van der Waals surface area contributed by atoms with Gasteiger partial charge >= 0.3 is 0 Å². The summed E-state index contributed by atoms with van der Waals surface area (Å²) in [4.78, 5) is 17.9. The average molecular weight is 305 g/mol. The molecule has 0 radical (unpaired) electrons. The molecule has 4 nitrogen and oxygen atoms in total. The molecule has 1 saturated heterocycles. The Labute approximate surface area is 127 Å². The number of likely N-dealkylation sites (tertiary alicyclic amines) is 1. The maximum atomic E-state index is 13.2. The third-order valence-electron chi connectivity index (χ3n) is 3.96. The SMILES string of the molecule is O=C(Cn1ccnc1)N1CCC(Cc2cc(F)cc(F)c2)C1. The molecule has 1 aliphatic rings. The molecule has 0 bridgehead atoms. The van der Waals surface area contributed by atoms with Crippen LogP contribution in [-0.2, 0) is 17.8 Å². The zero-order valence-corrected chi connectivity index (χ0v) is 12.1. The standard InChI is InChI=1S/C16H17F2N3O/c17-14-6-13(7-15(18)8-14)5-12-1-3-21(9-12)16(22)10-20-4-2-19-11-20/h2,4,6-8,11-12H,1,3,5,9-10H2. The lowest BCUT2D eigenvalue weighted by molar-refractivity contribution is -0.130. The molecule has 3 rings (SSSR count). The Morgan fingerprint density at radius 3 is 2.73 bits per heavy atom. The second kappa shape index (κ2) is 6.25. The van der Waals surface area contributed by atoms with E-state index in [2.05, 4.69) is 4.98 Å². The first-order valence-electron chi connectivity index (χ1n) is 7.28. The summed E-state index contributed by atoms with van der Waals surface area (Å²) >= 11 is 0. The Balaban J connectivity index is 1.56. The summed E-state index contributed by atoms with van der Waals surface area (Å²) in [6, 6.07) is 3.59. The summed E-state index contributed by atoms with van der Waals surface area (Å²) in [5.74, 6) is -0.819. The zero-order chi connectivity index (χ0) is 15.5. The number of carbonyl (C=O) groups is 1. The molecular weight excluding hydrogens is 288 g/mol. The van der Waals surface area contributed by atoms with E-state index >= 15 is 0 Å². The number of imidazole rings is 1. The van der Waals surface area contributed by atoms with Crippen molar-refractivity contribution in [2.45, 2.75) is 19.4 Å². The van der Waals surface area contributed by atoms with Gasteiger partial charge in [0.05, 0.1) is 6.33 Å². The molecule has 1 atom stereocenters. The highest BCUT2D eigenvalue weighted by Gasteiger charge is 2.26. The predicted molar refractivity (Wildman–Crippen MR) is 77.0 cm³/mol. The summed E-state index contributed by atoms with van der Waals surface area (Å²) in [6.45, 7) is 1.60. The van der Waals surface area contributed by atoms with Crippen molar-refractivity contribution >= 4 is 5.91 Å². The molecule has 1 aliphatic heterocycles. The van der Waals surface area contributed by atoms with Crippen LogP contribution in [0.15, 0.2) is 36.9 Å². The Kier molecular flexibility index (Phi) is 4.18. The van der Waals surface area contributed by atoms with Crippen LogP contribution in [0.3, 0.4) is 0 Å². The van der Waals surface area contributed by atoms with Crippen molar-refractivity contribution in [2.75, 3.05) is 13.1 Å². The molecule has 22 heavy (non-hydrogen) atoms. The molecule has 6 heteroatoms. The molecule has 1 fully saturated rings. The fraction of sp³-hybridized carbons (Fsp3) is 0.375. The van der Waals surface area contributed by atoms with Crippen LogP contribution in [0.5, 0.6) is 0 Å². The molecule has 116 valence electrons. The number of rotatable bonds is 4. The van der Waals surface area contributed by atoms with Crippen molar-refractivity contribution in [1.82, 2.24) is 14.5 Å². The van der Waals surface area contributed by atoms with Crippen molar-refractivity contribution in [3.8, 4) is 0 Å². The smallest absolute Gasteiger partial charge is 0.242 e. The Bertz CT molecular complexity index is 637. The molecule has 1 aromatic carbocycles. The first-order valence-corrected chi connectivity index (χ1v) is 7.28. The van der Waals surface area contributed by atoms with Gasteiger partial charge in [-0.2, -0.15) is 0 Å². The van der Waals surface area contributed by atoms with E-state index in [4.69, 9.17) is 0 Å². The molecule has 1 aromatic heterocycles. The van der Waals surface area contributed by atoms with Gasteiger partial charge in [0.2, 0.25) is 5.91 Å². The fourth-order valence-electron chi connectivity index (χ4n) is 2.92. The second-order valence-electron chi connectivity index (χ2n) is 5.71. The van der Waals surface area contributed by atoms with Gasteiger partial charge in [0.25, 0.3) is 0 Å². The molecule has 1 unspecified atom stereocenters. The van der Waals surface area contributed by atoms with Crippen LogP contribution in [0.2, 0.25) is 0 Å². The predicted octanol–water partition coefficient (Wildman–Crippen LogP) is 2.25. The highest BCUT2D eigenvalue weighted by atomic mass is 19.1. The van der Waals surface area contributed by atoms with Gasteiger partial charge in [-0.1, -0.05) is 0 Å². The van der Waals surface area contributed by atoms with Crippen molar-refractivity contribution in [3.05, 3.63) is 54.1 Å². The van der Waals surface area contributed by atoms with Gasteiger partial charge in [-0.25, -0.2) is 13.8 Å².